The van der Waals surface area contributed by atoms with Crippen LogP contribution in [0, 0.1) is 0 Å². The normalized spacial score (nSPS) is 11.9. The lowest BCUT2D eigenvalue weighted by Crippen LogP contribution is -2.15. The third-order valence-corrected chi connectivity index (χ3v) is 2.28. The van der Waals surface area contributed by atoms with E-state index in [0.29, 0.717) is 24.3 Å². The molecule has 1 rings (SSSR count). The van der Waals surface area contributed by atoms with Crippen LogP contribution in [0.2, 0.25) is 0 Å². The summed E-state index contributed by atoms with van der Waals surface area (Å²) in [6.07, 6.45) is -1.01. The lowest BCUT2D eigenvalue weighted by atomic mass is 10.1. The minimum atomic E-state index is -1.05. The summed E-state index contributed by atoms with van der Waals surface area (Å²) >= 11 is 0. The average Bonchev–Trinajstić information content (AvgIpc) is 2.36. The van der Waals surface area contributed by atoms with E-state index >= 15 is 0 Å². The van der Waals surface area contributed by atoms with E-state index in [2.05, 4.69) is 0 Å². The largest absolute Gasteiger partial charge is 0.479 e. The minimum absolute atomic E-state index is 0.302. The van der Waals surface area contributed by atoms with Crippen LogP contribution in [0.4, 0.5) is 0 Å². The lowest BCUT2D eigenvalue weighted by molar-refractivity contribution is -0.150. The van der Waals surface area contributed by atoms with Crippen molar-refractivity contribution in [2.45, 2.75) is 20.0 Å². The topological polar surface area (TPSA) is 72.8 Å². The van der Waals surface area contributed by atoms with Gasteiger partial charge in [0.05, 0.1) is 12.2 Å². The first kappa shape index (κ1) is 14.2. The zero-order chi connectivity index (χ0) is 13.5. The predicted octanol–water partition coefficient (Wildman–Crippen LogP) is 2.03. The molecule has 1 N–H and O–H groups in total. The van der Waals surface area contributed by atoms with Crippen LogP contribution in [0.15, 0.2) is 24.3 Å². The molecule has 5 heteroatoms. The molecule has 0 radical (unpaired) electrons. The Hall–Kier alpha value is -1.88. The summed E-state index contributed by atoms with van der Waals surface area (Å²) in [4.78, 5) is 22.4. The molecule has 1 unspecified atom stereocenters. The smallest absolute Gasteiger partial charge is 0.338 e. The minimum Gasteiger partial charge on any atom is -0.479 e. The van der Waals surface area contributed by atoms with E-state index in [1.54, 1.807) is 26.0 Å². The van der Waals surface area contributed by atoms with Crippen LogP contribution in [0.5, 0.6) is 0 Å². The van der Waals surface area contributed by atoms with Crippen molar-refractivity contribution in [3.05, 3.63) is 35.4 Å². The molecule has 0 fully saturated rings. The van der Waals surface area contributed by atoms with E-state index < -0.39 is 18.0 Å². The highest BCUT2D eigenvalue weighted by Gasteiger charge is 2.20. The van der Waals surface area contributed by atoms with Crippen LogP contribution in [0.3, 0.4) is 0 Å². The Bertz CT molecular complexity index is 410. The summed E-state index contributed by atoms with van der Waals surface area (Å²) in [7, 11) is 0. The van der Waals surface area contributed by atoms with Crippen molar-refractivity contribution in [3.8, 4) is 0 Å². The van der Waals surface area contributed by atoms with E-state index in [9.17, 15) is 9.59 Å². The Morgan fingerprint density at radius 3 is 2.22 bits per heavy atom. The molecule has 0 amide bonds. The second-order valence-corrected chi connectivity index (χ2v) is 3.52. The van der Waals surface area contributed by atoms with Gasteiger partial charge in [0.1, 0.15) is 0 Å². The summed E-state index contributed by atoms with van der Waals surface area (Å²) < 4.78 is 9.96. The predicted molar refractivity (Wildman–Crippen MR) is 64.4 cm³/mol. The van der Waals surface area contributed by atoms with E-state index in [1.807, 2.05) is 0 Å². The van der Waals surface area contributed by atoms with Gasteiger partial charge in [0.2, 0.25) is 0 Å². The second-order valence-electron chi connectivity index (χ2n) is 3.52. The van der Waals surface area contributed by atoms with Crippen LogP contribution in [0.25, 0.3) is 0 Å². The Balaban J connectivity index is 2.86. The highest BCUT2D eigenvalue weighted by atomic mass is 16.5. The zero-order valence-corrected chi connectivity index (χ0v) is 10.4. The number of hydrogen-bond donors (Lipinski definition) is 1. The van der Waals surface area contributed by atoms with Crippen molar-refractivity contribution < 1.29 is 24.2 Å². The molecule has 0 bridgehead atoms. The molecule has 18 heavy (non-hydrogen) atoms. The molecule has 98 valence electrons. The highest BCUT2D eigenvalue weighted by Crippen LogP contribution is 2.18. The van der Waals surface area contributed by atoms with Gasteiger partial charge in [0.25, 0.3) is 0 Å². The molecule has 0 heterocycles. The highest BCUT2D eigenvalue weighted by molar-refractivity contribution is 5.89. The van der Waals surface area contributed by atoms with Gasteiger partial charge in [-0.1, -0.05) is 12.1 Å². The van der Waals surface area contributed by atoms with Crippen molar-refractivity contribution >= 4 is 11.9 Å². The maximum Gasteiger partial charge on any atom is 0.338 e. The van der Waals surface area contributed by atoms with E-state index in [4.69, 9.17) is 14.6 Å². The summed E-state index contributed by atoms with van der Waals surface area (Å²) in [6.45, 7) is 4.05. The molecular formula is C13H16O5. The molecule has 0 aliphatic carbocycles. The molecule has 0 aliphatic heterocycles. The molecule has 5 nitrogen and oxygen atoms in total. The molecular weight excluding hydrogens is 236 g/mol. The van der Waals surface area contributed by atoms with Crippen molar-refractivity contribution in [1.29, 1.82) is 0 Å². The number of carboxylic acids is 1. The lowest BCUT2D eigenvalue weighted by Gasteiger charge is -2.12. The maximum absolute atomic E-state index is 11.4. The standard InChI is InChI=1S/C13H16O5/c1-3-17-11(12(14)15)9-5-7-10(8-6-9)13(16)18-4-2/h5-8,11H,3-4H2,1-2H3,(H,14,15). The number of aliphatic carboxylic acids is 1. The summed E-state index contributed by atoms with van der Waals surface area (Å²) in [5.41, 5.74) is 0.888. The monoisotopic (exact) mass is 252 g/mol. The van der Waals surface area contributed by atoms with Crippen molar-refractivity contribution in [1.82, 2.24) is 0 Å². The van der Waals surface area contributed by atoms with Gasteiger partial charge in [-0.05, 0) is 31.5 Å². The van der Waals surface area contributed by atoms with Gasteiger partial charge in [0.15, 0.2) is 6.10 Å². The fraction of sp³-hybridized carbons (Fsp3) is 0.385. The molecule has 0 saturated carbocycles. The summed E-state index contributed by atoms with van der Waals surface area (Å²) in [5, 5.41) is 9.00. The van der Waals surface area contributed by atoms with E-state index in [1.165, 1.54) is 12.1 Å². The molecule has 0 aliphatic rings. The third-order valence-electron chi connectivity index (χ3n) is 2.28. The van der Waals surface area contributed by atoms with E-state index in [0.717, 1.165) is 0 Å². The van der Waals surface area contributed by atoms with Gasteiger partial charge in [-0.25, -0.2) is 9.59 Å². The zero-order valence-electron chi connectivity index (χ0n) is 10.4. The number of carbonyl (C=O) groups excluding carboxylic acids is 1. The number of ether oxygens (including phenoxy) is 2. The number of rotatable bonds is 6. The Morgan fingerprint density at radius 1 is 1.17 bits per heavy atom. The fourth-order valence-corrected chi connectivity index (χ4v) is 1.49. The number of carboxylic acid groups (broad SMARTS) is 1. The number of hydrogen-bond acceptors (Lipinski definition) is 4. The van der Waals surface area contributed by atoms with Crippen LogP contribution in [-0.2, 0) is 14.3 Å². The number of esters is 1. The fourth-order valence-electron chi connectivity index (χ4n) is 1.49. The van der Waals surface area contributed by atoms with Crippen LogP contribution in [0.1, 0.15) is 35.9 Å². The molecule has 1 atom stereocenters. The van der Waals surface area contributed by atoms with Gasteiger partial charge in [-0.2, -0.15) is 0 Å². The number of benzene rings is 1. The molecule has 0 spiro atoms. The number of carbonyl (C=O) groups is 2. The van der Waals surface area contributed by atoms with Gasteiger partial charge in [-0.3, -0.25) is 0 Å². The van der Waals surface area contributed by atoms with Crippen molar-refractivity contribution in [2.75, 3.05) is 13.2 Å². The Kier molecular flexibility index (Phi) is 5.32. The Labute approximate surface area is 105 Å². The van der Waals surface area contributed by atoms with Gasteiger partial charge in [0, 0.05) is 6.61 Å². The van der Waals surface area contributed by atoms with Crippen LogP contribution < -0.4 is 0 Å². The molecule has 1 aromatic carbocycles. The summed E-state index contributed by atoms with van der Waals surface area (Å²) in [5.74, 6) is -1.48. The quantitative estimate of drug-likeness (QED) is 0.784. The first-order valence-corrected chi connectivity index (χ1v) is 5.71. The maximum atomic E-state index is 11.4. The van der Waals surface area contributed by atoms with Gasteiger partial charge in [-0.15, -0.1) is 0 Å². The first-order chi connectivity index (χ1) is 8.60. The SMILES string of the molecule is CCOC(=O)c1ccc(C(OCC)C(=O)O)cc1. The van der Waals surface area contributed by atoms with Crippen LogP contribution >= 0.6 is 0 Å². The van der Waals surface area contributed by atoms with E-state index in [-0.39, 0.29) is 0 Å². The summed E-state index contributed by atoms with van der Waals surface area (Å²) in [6, 6.07) is 6.17. The van der Waals surface area contributed by atoms with Gasteiger partial charge < -0.3 is 14.6 Å². The second kappa shape index (κ2) is 6.76. The van der Waals surface area contributed by atoms with Crippen LogP contribution in [-0.4, -0.2) is 30.3 Å². The third kappa shape index (κ3) is 3.56. The molecule has 0 aromatic heterocycles. The molecule has 1 aromatic rings. The Morgan fingerprint density at radius 2 is 1.78 bits per heavy atom. The van der Waals surface area contributed by atoms with Crippen molar-refractivity contribution in [2.24, 2.45) is 0 Å². The van der Waals surface area contributed by atoms with Gasteiger partial charge >= 0.3 is 11.9 Å². The van der Waals surface area contributed by atoms with Crippen molar-refractivity contribution in [3.63, 3.8) is 0 Å². The molecule has 0 saturated heterocycles. The average molecular weight is 252 g/mol. The first-order valence-electron chi connectivity index (χ1n) is 5.71.